The number of nitrogens with zero attached hydrogens (tertiary/aromatic N) is 3. The molecule has 1 aliphatic rings. The van der Waals surface area contributed by atoms with Crippen LogP contribution in [0.5, 0.6) is 5.75 Å². The molecule has 3 aromatic rings. The highest BCUT2D eigenvalue weighted by Crippen LogP contribution is 2.16. The summed E-state index contributed by atoms with van der Waals surface area (Å²) in [5.74, 6) is 0.515. The van der Waals surface area contributed by atoms with Crippen LogP contribution in [-0.4, -0.2) is 38.1 Å². The van der Waals surface area contributed by atoms with Crippen LogP contribution in [0.1, 0.15) is 29.7 Å². The molecule has 1 amide bonds. The van der Waals surface area contributed by atoms with Gasteiger partial charge in [0.05, 0.1) is 11.7 Å². The normalized spacial score (nSPS) is 17.3. The number of pyridine rings is 1. The molecule has 0 saturated carbocycles. The maximum absolute atomic E-state index is 11.9. The Morgan fingerprint density at radius 1 is 1.29 bits per heavy atom. The van der Waals surface area contributed by atoms with Gasteiger partial charge >= 0.3 is 0 Å². The van der Waals surface area contributed by atoms with Crippen molar-refractivity contribution in [3.8, 4) is 5.75 Å². The first-order valence-electron chi connectivity index (χ1n) is 9.49. The molecule has 4 rings (SSSR count). The summed E-state index contributed by atoms with van der Waals surface area (Å²) in [6, 6.07) is 11.5. The van der Waals surface area contributed by atoms with Crippen molar-refractivity contribution in [2.24, 2.45) is 0 Å². The molecule has 7 nitrogen and oxygen atoms in total. The minimum absolute atomic E-state index is 0.256. The van der Waals surface area contributed by atoms with Crippen LogP contribution in [-0.2, 0) is 17.9 Å². The summed E-state index contributed by atoms with van der Waals surface area (Å²) in [6.07, 6.45) is 5.50. The molecule has 1 unspecified atom stereocenters. The molecule has 1 saturated heterocycles. The summed E-state index contributed by atoms with van der Waals surface area (Å²) in [5.41, 5.74) is 4.01. The standard InChI is InChI=1S/C21H24N4O3/c1-15-4-2-10-24-13-17(23-20(15)24)14-28-18-8-6-16(7-9-18)12-22-19-5-3-11-25(27)21(19)26/h2,4,6-10,13,19,22,27H,3,5,11-12,14H2,1H3. The highest BCUT2D eigenvalue weighted by Gasteiger charge is 2.27. The number of fused-ring (bicyclic) bond motifs is 1. The lowest BCUT2D eigenvalue weighted by Crippen LogP contribution is -2.49. The van der Waals surface area contributed by atoms with Crippen molar-refractivity contribution >= 4 is 11.6 Å². The average molecular weight is 380 g/mol. The van der Waals surface area contributed by atoms with Crippen LogP contribution in [0, 0.1) is 6.92 Å². The summed E-state index contributed by atoms with van der Waals surface area (Å²) < 4.78 is 7.85. The fourth-order valence-corrected chi connectivity index (χ4v) is 3.42. The van der Waals surface area contributed by atoms with E-state index in [0.29, 0.717) is 19.7 Å². The van der Waals surface area contributed by atoms with Crippen molar-refractivity contribution in [1.29, 1.82) is 0 Å². The predicted octanol–water partition coefficient (Wildman–Crippen LogP) is 2.69. The zero-order valence-electron chi connectivity index (χ0n) is 15.8. The van der Waals surface area contributed by atoms with Gasteiger partial charge in [0.1, 0.15) is 18.0 Å². The monoisotopic (exact) mass is 380 g/mol. The first-order valence-corrected chi connectivity index (χ1v) is 9.49. The number of carbonyl (C=O) groups is 1. The van der Waals surface area contributed by atoms with Gasteiger partial charge in [0.25, 0.3) is 5.91 Å². The number of imidazole rings is 1. The van der Waals surface area contributed by atoms with Crippen LogP contribution in [0.3, 0.4) is 0 Å². The fraction of sp³-hybridized carbons (Fsp3) is 0.333. The largest absolute Gasteiger partial charge is 0.487 e. The molecule has 1 atom stereocenters. The summed E-state index contributed by atoms with van der Waals surface area (Å²) >= 11 is 0. The van der Waals surface area contributed by atoms with E-state index in [9.17, 15) is 10.0 Å². The number of hydroxylamine groups is 2. The molecule has 146 valence electrons. The fourth-order valence-electron chi connectivity index (χ4n) is 3.42. The lowest BCUT2D eigenvalue weighted by molar-refractivity contribution is -0.172. The second-order valence-electron chi connectivity index (χ2n) is 7.12. The zero-order chi connectivity index (χ0) is 19.5. The molecule has 3 heterocycles. The summed E-state index contributed by atoms with van der Waals surface area (Å²) in [4.78, 5) is 16.5. The Bertz CT molecular complexity index is 967. The number of rotatable bonds is 6. The molecule has 0 spiro atoms. The van der Waals surface area contributed by atoms with Crippen LogP contribution in [0.2, 0.25) is 0 Å². The molecule has 28 heavy (non-hydrogen) atoms. The van der Waals surface area contributed by atoms with E-state index in [-0.39, 0.29) is 11.9 Å². The Balaban J connectivity index is 1.31. The predicted molar refractivity (Wildman–Crippen MR) is 104 cm³/mol. The first-order chi connectivity index (χ1) is 13.6. The number of hydrogen-bond donors (Lipinski definition) is 2. The summed E-state index contributed by atoms with van der Waals surface area (Å²) in [5, 5.41) is 13.5. The number of ether oxygens (including phenoxy) is 1. The number of carbonyl (C=O) groups excluding carboxylic acids is 1. The Kier molecular flexibility index (Phi) is 5.27. The third-order valence-electron chi connectivity index (χ3n) is 5.01. The van der Waals surface area contributed by atoms with Crippen molar-refractivity contribution in [2.45, 2.75) is 39.0 Å². The maximum atomic E-state index is 11.9. The first kappa shape index (κ1) is 18.5. The molecule has 0 radical (unpaired) electrons. The van der Waals surface area contributed by atoms with Gasteiger partial charge in [0.15, 0.2) is 0 Å². The van der Waals surface area contributed by atoms with Gasteiger partial charge in [0.2, 0.25) is 0 Å². The second kappa shape index (κ2) is 8.00. The number of nitrogens with one attached hydrogen (secondary N) is 1. The Hall–Kier alpha value is -2.90. The van der Waals surface area contributed by atoms with Gasteiger partial charge in [-0.1, -0.05) is 18.2 Å². The highest BCUT2D eigenvalue weighted by molar-refractivity contribution is 5.81. The van der Waals surface area contributed by atoms with Crippen LogP contribution >= 0.6 is 0 Å². The second-order valence-corrected chi connectivity index (χ2v) is 7.12. The number of piperidine rings is 1. The zero-order valence-corrected chi connectivity index (χ0v) is 15.8. The van der Waals surface area contributed by atoms with Gasteiger partial charge in [-0.15, -0.1) is 0 Å². The van der Waals surface area contributed by atoms with E-state index in [4.69, 9.17) is 4.74 Å². The molecular weight excluding hydrogens is 356 g/mol. The lowest BCUT2D eigenvalue weighted by atomic mass is 10.1. The van der Waals surface area contributed by atoms with Crippen molar-refractivity contribution < 1.29 is 14.7 Å². The Morgan fingerprint density at radius 2 is 2.11 bits per heavy atom. The Labute approximate surface area is 163 Å². The van der Waals surface area contributed by atoms with E-state index >= 15 is 0 Å². The van der Waals surface area contributed by atoms with E-state index < -0.39 is 0 Å². The van der Waals surface area contributed by atoms with Gasteiger partial charge in [-0.05, 0) is 49.1 Å². The molecule has 1 fully saturated rings. The van der Waals surface area contributed by atoms with E-state index in [1.54, 1.807) is 0 Å². The van der Waals surface area contributed by atoms with Crippen molar-refractivity contribution in [3.63, 3.8) is 0 Å². The third-order valence-corrected chi connectivity index (χ3v) is 5.01. The number of hydrogen-bond acceptors (Lipinski definition) is 5. The van der Waals surface area contributed by atoms with Crippen molar-refractivity contribution in [3.05, 3.63) is 65.6 Å². The van der Waals surface area contributed by atoms with Crippen LogP contribution in [0.25, 0.3) is 5.65 Å². The summed E-state index contributed by atoms with van der Waals surface area (Å²) in [6.45, 7) is 3.42. The van der Waals surface area contributed by atoms with Gasteiger partial charge in [-0.3, -0.25) is 10.0 Å². The van der Waals surface area contributed by atoms with E-state index in [1.807, 2.05) is 60.1 Å². The molecular formula is C21H24N4O3. The molecule has 7 heteroatoms. The quantitative estimate of drug-likeness (QED) is 0.643. The smallest absolute Gasteiger partial charge is 0.263 e. The van der Waals surface area contributed by atoms with Crippen molar-refractivity contribution in [2.75, 3.05) is 6.54 Å². The lowest BCUT2D eigenvalue weighted by Gasteiger charge is -2.28. The topological polar surface area (TPSA) is 79.1 Å². The minimum Gasteiger partial charge on any atom is -0.487 e. The van der Waals surface area contributed by atoms with Gasteiger partial charge in [-0.25, -0.2) is 10.0 Å². The molecule has 0 aliphatic carbocycles. The molecule has 1 aliphatic heterocycles. The summed E-state index contributed by atoms with van der Waals surface area (Å²) in [7, 11) is 0. The van der Waals surface area contributed by atoms with E-state index in [0.717, 1.165) is 46.1 Å². The highest BCUT2D eigenvalue weighted by atomic mass is 16.5. The number of benzene rings is 1. The SMILES string of the molecule is Cc1cccn2cc(COc3ccc(CNC4CCCN(O)C4=O)cc3)nc12. The van der Waals surface area contributed by atoms with Crippen molar-refractivity contribution in [1.82, 2.24) is 19.8 Å². The molecule has 1 aromatic carbocycles. The number of aryl methyl sites for hydroxylation is 1. The average Bonchev–Trinajstić information content (AvgIpc) is 3.13. The molecule has 2 aromatic heterocycles. The Morgan fingerprint density at radius 3 is 2.89 bits per heavy atom. The van der Waals surface area contributed by atoms with E-state index in [2.05, 4.69) is 10.3 Å². The van der Waals surface area contributed by atoms with Gasteiger partial charge in [-0.2, -0.15) is 0 Å². The van der Waals surface area contributed by atoms with Crippen LogP contribution < -0.4 is 10.1 Å². The maximum Gasteiger partial charge on any atom is 0.263 e. The number of amides is 1. The molecule has 2 N–H and O–H groups in total. The van der Waals surface area contributed by atoms with Gasteiger partial charge in [0, 0.05) is 25.5 Å². The third kappa shape index (κ3) is 4.00. The van der Waals surface area contributed by atoms with Crippen LogP contribution in [0.15, 0.2) is 48.8 Å². The number of aromatic nitrogens is 2. The van der Waals surface area contributed by atoms with E-state index in [1.165, 1.54) is 0 Å². The molecule has 0 bridgehead atoms. The van der Waals surface area contributed by atoms with Crippen LogP contribution in [0.4, 0.5) is 0 Å². The minimum atomic E-state index is -0.326. The van der Waals surface area contributed by atoms with Gasteiger partial charge < -0.3 is 14.5 Å².